The lowest BCUT2D eigenvalue weighted by atomic mass is 10.1. The zero-order chi connectivity index (χ0) is 11.2. The molecular weight excluding hydrogens is 238 g/mol. The Kier molecular flexibility index (Phi) is 6.34. The number of benzene rings is 1. The van der Waals surface area contributed by atoms with Crippen LogP contribution in [0, 0.1) is 5.92 Å². The van der Waals surface area contributed by atoms with Gasteiger partial charge in [0.15, 0.2) is 0 Å². The second kappa shape index (κ2) is 7.54. The molecule has 96 valence electrons. The smallest absolute Gasteiger partial charge is 0.124 e. The molecule has 0 aliphatic carbocycles. The van der Waals surface area contributed by atoms with Gasteiger partial charge in [0.25, 0.3) is 0 Å². The van der Waals surface area contributed by atoms with Gasteiger partial charge in [-0.15, -0.1) is 12.4 Å². The van der Waals surface area contributed by atoms with Crippen LogP contribution in [0.5, 0.6) is 5.75 Å². The second-order valence-corrected chi connectivity index (χ2v) is 4.19. The van der Waals surface area contributed by atoms with Crippen molar-refractivity contribution in [2.24, 2.45) is 5.92 Å². The van der Waals surface area contributed by atoms with Crippen molar-refractivity contribution in [2.45, 2.75) is 13.0 Å². The van der Waals surface area contributed by atoms with Crippen LogP contribution in [0.15, 0.2) is 24.3 Å². The predicted octanol–water partition coefficient (Wildman–Crippen LogP) is 2.24. The lowest BCUT2D eigenvalue weighted by molar-refractivity contribution is 0.0910. The monoisotopic (exact) mass is 257 g/mol. The van der Waals surface area contributed by atoms with E-state index in [0.717, 1.165) is 31.0 Å². The molecule has 1 saturated heterocycles. The van der Waals surface area contributed by atoms with Gasteiger partial charge >= 0.3 is 0 Å². The Morgan fingerprint density at radius 1 is 1.35 bits per heavy atom. The summed E-state index contributed by atoms with van der Waals surface area (Å²) in [4.78, 5) is 0. The summed E-state index contributed by atoms with van der Waals surface area (Å²) < 4.78 is 11.0. The highest BCUT2D eigenvalue weighted by Crippen LogP contribution is 2.18. The third-order valence-corrected chi connectivity index (χ3v) is 2.97. The number of nitrogens with one attached hydrogen (secondary N) is 1. The summed E-state index contributed by atoms with van der Waals surface area (Å²) in [5.41, 5.74) is 1.12. The fourth-order valence-corrected chi connectivity index (χ4v) is 2.01. The van der Waals surface area contributed by atoms with Crippen molar-refractivity contribution in [2.75, 3.05) is 26.8 Å². The Morgan fingerprint density at radius 2 is 2.18 bits per heavy atom. The number of halogens is 1. The Morgan fingerprint density at radius 3 is 2.88 bits per heavy atom. The first-order valence-corrected chi connectivity index (χ1v) is 5.80. The number of ether oxygens (including phenoxy) is 2. The summed E-state index contributed by atoms with van der Waals surface area (Å²) in [6, 6.07) is 8.00. The van der Waals surface area contributed by atoms with Crippen LogP contribution in [0.4, 0.5) is 0 Å². The Hall–Kier alpha value is -0.770. The maximum atomic E-state index is 5.73. The summed E-state index contributed by atoms with van der Waals surface area (Å²) in [6.45, 7) is 3.69. The molecule has 1 N–H and O–H groups in total. The second-order valence-electron chi connectivity index (χ2n) is 4.19. The van der Waals surface area contributed by atoms with Crippen LogP contribution in [-0.4, -0.2) is 26.8 Å². The van der Waals surface area contributed by atoms with Crippen molar-refractivity contribution >= 4 is 12.4 Å². The van der Waals surface area contributed by atoms with Crippen molar-refractivity contribution in [3.8, 4) is 5.75 Å². The maximum Gasteiger partial charge on any atom is 0.124 e. The Balaban J connectivity index is 0.00000144. The van der Waals surface area contributed by atoms with E-state index >= 15 is 0 Å². The van der Waals surface area contributed by atoms with Crippen LogP contribution in [0.2, 0.25) is 0 Å². The van der Waals surface area contributed by atoms with E-state index in [4.69, 9.17) is 9.47 Å². The topological polar surface area (TPSA) is 30.5 Å². The number of hydrogen-bond acceptors (Lipinski definition) is 3. The fraction of sp³-hybridized carbons (Fsp3) is 0.538. The molecule has 3 nitrogen and oxygen atoms in total. The minimum absolute atomic E-state index is 0. The molecule has 1 aliphatic heterocycles. The van der Waals surface area contributed by atoms with Gasteiger partial charge in [0.1, 0.15) is 5.75 Å². The van der Waals surface area contributed by atoms with E-state index in [-0.39, 0.29) is 12.4 Å². The summed E-state index contributed by atoms with van der Waals surface area (Å²) in [5.74, 6) is 1.58. The number of methoxy groups -OCH3 is 1. The minimum Gasteiger partial charge on any atom is -0.496 e. The van der Waals surface area contributed by atoms with Gasteiger partial charge in [0.05, 0.1) is 20.3 Å². The number of rotatable bonds is 5. The number of hydrogen-bond donors (Lipinski definition) is 1. The molecule has 0 amide bonds. The Bertz CT molecular complexity index is 327. The van der Waals surface area contributed by atoms with E-state index in [1.54, 1.807) is 7.11 Å². The lowest BCUT2D eigenvalue weighted by Crippen LogP contribution is -2.13. The highest BCUT2D eigenvalue weighted by Gasteiger charge is 2.14. The molecule has 0 spiro atoms. The molecule has 1 aromatic carbocycles. The van der Waals surface area contributed by atoms with E-state index in [0.29, 0.717) is 12.5 Å². The van der Waals surface area contributed by atoms with E-state index in [2.05, 4.69) is 5.32 Å². The zero-order valence-corrected chi connectivity index (χ0v) is 11.0. The maximum absolute atomic E-state index is 5.73. The molecule has 17 heavy (non-hydrogen) atoms. The molecule has 2 rings (SSSR count). The minimum atomic E-state index is 0. The lowest BCUT2D eigenvalue weighted by Gasteiger charge is -2.11. The molecule has 0 radical (unpaired) electrons. The van der Waals surface area contributed by atoms with Crippen molar-refractivity contribution in [3.05, 3.63) is 29.8 Å². The van der Waals surface area contributed by atoms with Gasteiger partial charge < -0.3 is 14.8 Å². The van der Waals surface area contributed by atoms with Crippen LogP contribution in [0.25, 0.3) is 0 Å². The van der Waals surface area contributed by atoms with Crippen LogP contribution >= 0.6 is 12.4 Å². The van der Waals surface area contributed by atoms with Gasteiger partial charge in [-0.25, -0.2) is 0 Å². The average molecular weight is 258 g/mol. The normalized spacial score (nSPS) is 18.8. The van der Waals surface area contributed by atoms with E-state index in [1.165, 1.54) is 6.42 Å². The molecule has 1 fully saturated rings. The zero-order valence-electron chi connectivity index (χ0n) is 10.1. The molecule has 1 aromatic rings. The third kappa shape index (κ3) is 4.19. The quantitative estimate of drug-likeness (QED) is 0.878. The van der Waals surface area contributed by atoms with Gasteiger partial charge in [-0.05, 0) is 24.9 Å². The number of para-hydroxylation sites is 1. The summed E-state index contributed by atoms with van der Waals surface area (Å²) in [7, 11) is 1.69. The molecule has 1 unspecified atom stereocenters. The molecule has 1 atom stereocenters. The van der Waals surface area contributed by atoms with Crippen molar-refractivity contribution in [1.82, 2.24) is 5.32 Å². The first-order valence-electron chi connectivity index (χ1n) is 5.80. The van der Waals surface area contributed by atoms with Crippen LogP contribution in [0.1, 0.15) is 12.0 Å². The molecule has 1 heterocycles. The fourth-order valence-electron chi connectivity index (χ4n) is 2.01. The van der Waals surface area contributed by atoms with Gasteiger partial charge in [0.2, 0.25) is 0 Å². The van der Waals surface area contributed by atoms with Crippen molar-refractivity contribution in [3.63, 3.8) is 0 Å². The summed E-state index contributed by atoms with van der Waals surface area (Å²) >= 11 is 0. The molecule has 0 aromatic heterocycles. The van der Waals surface area contributed by atoms with Gasteiger partial charge in [-0.2, -0.15) is 0 Å². The van der Waals surface area contributed by atoms with Crippen molar-refractivity contribution < 1.29 is 9.47 Å². The molecule has 1 aliphatic rings. The van der Waals surface area contributed by atoms with Gasteiger partial charge in [-0.1, -0.05) is 18.2 Å². The van der Waals surface area contributed by atoms with Crippen LogP contribution in [0.3, 0.4) is 0 Å². The average Bonchev–Trinajstić information content (AvgIpc) is 2.83. The van der Waals surface area contributed by atoms with E-state index < -0.39 is 0 Å². The van der Waals surface area contributed by atoms with Gasteiger partial charge in [-0.3, -0.25) is 0 Å². The largest absolute Gasteiger partial charge is 0.496 e. The van der Waals surface area contributed by atoms with Crippen molar-refractivity contribution in [1.29, 1.82) is 0 Å². The summed E-state index contributed by atoms with van der Waals surface area (Å²) in [6.07, 6.45) is 1.23. The highest BCUT2D eigenvalue weighted by molar-refractivity contribution is 5.85. The molecule has 0 saturated carbocycles. The van der Waals surface area contributed by atoms with E-state index in [1.807, 2.05) is 24.3 Å². The standard InChI is InChI=1S/C13H19NO2.ClH/c1-15-13-5-3-2-4-12(13)10-16-9-11-6-7-14-8-11;/h2-5,11,14H,6-10H2,1H3;1H. The third-order valence-electron chi connectivity index (χ3n) is 2.97. The predicted molar refractivity (Wildman–Crippen MR) is 70.9 cm³/mol. The SMILES string of the molecule is COc1ccccc1COCC1CCNC1.Cl. The molecular formula is C13H20ClNO2. The first kappa shape index (κ1) is 14.3. The Labute approximate surface area is 109 Å². The van der Waals surface area contributed by atoms with Crippen LogP contribution < -0.4 is 10.1 Å². The first-order chi connectivity index (χ1) is 7.90. The highest BCUT2D eigenvalue weighted by atomic mass is 35.5. The van der Waals surface area contributed by atoms with Crippen LogP contribution in [-0.2, 0) is 11.3 Å². The van der Waals surface area contributed by atoms with E-state index in [9.17, 15) is 0 Å². The molecule has 4 heteroatoms. The summed E-state index contributed by atoms with van der Waals surface area (Å²) in [5, 5.41) is 3.34. The molecule has 0 bridgehead atoms. The van der Waals surface area contributed by atoms with Gasteiger partial charge in [0, 0.05) is 12.1 Å².